The molecule has 2 nitrogen and oxygen atoms in total. The van der Waals surface area contributed by atoms with Crippen LogP contribution in [0.2, 0.25) is 0 Å². The highest BCUT2D eigenvalue weighted by Crippen LogP contribution is 2.58. The van der Waals surface area contributed by atoms with Crippen LogP contribution < -0.4 is 4.90 Å². The summed E-state index contributed by atoms with van der Waals surface area (Å²) >= 11 is 0. The number of furan rings is 1. The number of hydrogen-bond donors (Lipinski definition) is 0. The Morgan fingerprint density at radius 2 is 0.926 bits per heavy atom. The monoisotopic (exact) mass is 691 g/mol. The van der Waals surface area contributed by atoms with Crippen molar-refractivity contribution in [3.63, 3.8) is 0 Å². The van der Waals surface area contributed by atoms with Gasteiger partial charge in [-0.15, -0.1) is 0 Å². The molecule has 2 aliphatic carbocycles. The third-order valence-corrected chi connectivity index (χ3v) is 12.1. The van der Waals surface area contributed by atoms with E-state index in [1.807, 2.05) is 6.07 Å². The Kier molecular flexibility index (Phi) is 6.55. The number of para-hydroxylation sites is 2. The van der Waals surface area contributed by atoms with Crippen LogP contribution in [0.3, 0.4) is 0 Å². The number of anilines is 3. The predicted molar refractivity (Wildman–Crippen MR) is 223 cm³/mol. The van der Waals surface area contributed by atoms with E-state index in [2.05, 4.69) is 201 Å². The van der Waals surface area contributed by atoms with E-state index < -0.39 is 5.41 Å². The van der Waals surface area contributed by atoms with Crippen molar-refractivity contribution in [1.29, 1.82) is 0 Å². The first-order valence-corrected chi connectivity index (χ1v) is 18.9. The molecule has 0 saturated carbocycles. The van der Waals surface area contributed by atoms with Crippen molar-refractivity contribution in [2.24, 2.45) is 0 Å². The maximum absolute atomic E-state index is 6.77. The molecule has 0 amide bonds. The molecule has 256 valence electrons. The zero-order chi connectivity index (χ0) is 36.0. The second-order valence-corrected chi connectivity index (χ2v) is 15.2. The molecule has 0 spiro atoms. The molecule has 0 radical (unpaired) electrons. The van der Waals surface area contributed by atoms with E-state index in [9.17, 15) is 0 Å². The van der Waals surface area contributed by atoms with Gasteiger partial charge >= 0.3 is 0 Å². The molecule has 8 aromatic carbocycles. The van der Waals surface area contributed by atoms with Gasteiger partial charge in [-0.05, 0) is 92.0 Å². The van der Waals surface area contributed by atoms with Crippen molar-refractivity contribution in [1.82, 2.24) is 0 Å². The number of nitrogens with zero attached hydrogens (tertiary/aromatic N) is 1. The van der Waals surface area contributed by atoms with Crippen LogP contribution in [0.25, 0.3) is 44.2 Å². The molecule has 2 heteroatoms. The summed E-state index contributed by atoms with van der Waals surface area (Å²) in [6.07, 6.45) is 0. The number of fused-ring (bicyclic) bond motifs is 9. The second-order valence-electron chi connectivity index (χ2n) is 15.2. The minimum absolute atomic E-state index is 0.145. The molecule has 11 rings (SSSR count). The van der Waals surface area contributed by atoms with E-state index >= 15 is 0 Å². The lowest BCUT2D eigenvalue weighted by molar-refractivity contribution is 0.660. The summed E-state index contributed by atoms with van der Waals surface area (Å²) in [4.78, 5) is 2.42. The van der Waals surface area contributed by atoms with E-state index in [4.69, 9.17) is 4.42 Å². The van der Waals surface area contributed by atoms with Gasteiger partial charge in [0.05, 0.1) is 11.1 Å². The largest absolute Gasteiger partial charge is 0.454 e. The Hall–Kier alpha value is -6.64. The first kappa shape index (κ1) is 30.9. The maximum atomic E-state index is 6.77. The van der Waals surface area contributed by atoms with Gasteiger partial charge in [0.15, 0.2) is 5.58 Å². The minimum Gasteiger partial charge on any atom is -0.454 e. The molecule has 0 atom stereocenters. The van der Waals surface area contributed by atoms with Crippen molar-refractivity contribution in [2.75, 3.05) is 4.90 Å². The number of benzene rings is 8. The van der Waals surface area contributed by atoms with Crippen molar-refractivity contribution < 1.29 is 4.42 Å². The van der Waals surface area contributed by atoms with Crippen LogP contribution in [0, 0.1) is 0 Å². The summed E-state index contributed by atoms with van der Waals surface area (Å²) in [5.41, 5.74) is 17.2. The van der Waals surface area contributed by atoms with Crippen molar-refractivity contribution in [3.05, 3.63) is 221 Å². The molecular formula is C52H37NO. The highest BCUT2D eigenvalue weighted by atomic mass is 16.3. The van der Waals surface area contributed by atoms with Crippen LogP contribution in [0.5, 0.6) is 0 Å². The van der Waals surface area contributed by atoms with Crippen LogP contribution in [-0.4, -0.2) is 0 Å². The standard InChI is InChI=1S/C52H37NO/c1-51(2)44-24-12-9-20-38(44)40-30-28-36(32-46(40)51)53(48-26-15-23-43-42-22-11-14-27-49(42)54-50(43)48)37-29-31-41-39-21-10-13-25-45(39)52(47(41)33-37,34-16-5-3-6-17-34)35-18-7-4-8-19-35/h3-33H,1-2H3. The van der Waals surface area contributed by atoms with E-state index in [0.29, 0.717) is 0 Å². The minimum atomic E-state index is -0.511. The third kappa shape index (κ3) is 4.17. The van der Waals surface area contributed by atoms with E-state index in [1.54, 1.807) is 0 Å². The van der Waals surface area contributed by atoms with Gasteiger partial charge in [-0.3, -0.25) is 0 Å². The fraction of sp³-hybridized carbons (Fsp3) is 0.0769. The lowest BCUT2D eigenvalue weighted by Gasteiger charge is -2.35. The highest BCUT2D eigenvalue weighted by molar-refractivity contribution is 6.10. The van der Waals surface area contributed by atoms with Gasteiger partial charge in [-0.25, -0.2) is 0 Å². The summed E-state index contributed by atoms with van der Waals surface area (Å²) in [6.45, 7) is 4.71. The molecule has 1 heterocycles. The quantitative estimate of drug-likeness (QED) is 0.179. The highest BCUT2D eigenvalue weighted by Gasteiger charge is 2.46. The topological polar surface area (TPSA) is 16.4 Å². The average molecular weight is 692 g/mol. The summed E-state index contributed by atoms with van der Waals surface area (Å²) < 4.78 is 6.77. The molecule has 0 aliphatic heterocycles. The molecule has 9 aromatic rings. The van der Waals surface area contributed by atoms with Crippen molar-refractivity contribution in [3.8, 4) is 22.3 Å². The van der Waals surface area contributed by atoms with Crippen LogP contribution in [0.4, 0.5) is 17.1 Å². The lowest BCUT2D eigenvalue weighted by atomic mass is 9.67. The van der Waals surface area contributed by atoms with Crippen molar-refractivity contribution in [2.45, 2.75) is 24.7 Å². The normalized spacial score (nSPS) is 14.4. The molecule has 54 heavy (non-hydrogen) atoms. The Morgan fingerprint density at radius 3 is 1.63 bits per heavy atom. The average Bonchev–Trinajstić information content (AvgIpc) is 3.83. The molecule has 0 saturated heterocycles. The number of rotatable bonds is 5. The molecule has 0 bridgehead atoms. The van der Waals surface area contributed by atoms with Gasteiger partial charge in [-0.1, -0.05) is 166 Å². The van der Waals surface area contributed by atoms with E-state index in [-0.39, 0.29) is 5.41 Å². The van der Waals surface area contributed by atoms with E-state index in [0.717, 1.165) is 39.0 Å². The first-order valence-electron chi connectivity index (χ1n) is 18.9. The first-order chi connectivity index (χ1) is 26.5. The van der Waals surface area contributed by atoms with Crippen molar-refractivity contribution >= 4 is 39.0 Å². The van der Waals surface area contributed by atoms with E-state index in [1.165, 1.54) is 55.6 Å². The fourth-order valence-electron chi connectivity index (χ4n) is 9.74. The molecule has 0 N–H and O–H groups in total. The van der Waals surface area contributed by atoms with Gasteiger partial charge in [0.1, 0.15) is 5.58 Å². The zero-order valence-electron chi connectivity index (χ0n) is 30.3. The van der Waals surface area contributed by atoms with Crippen LogP contribution in [0.15, 0.2) is 192 Å². The van der Waals surface area contributed by atoms with Crippen LogP contribution in [0.1, 0.15) is 47.2 Å². The summed E-state index contributed by atoms with van der Waals surface area (Å²) in [7, 11) is 0. The van der Waals surface area contributed by atoms with Gasteiger partial charge in [0, 0.05) is 27.6 Å². The lowest BCUT2D eigenvalue weighted by Crippen LogP contribution is -2.28. The smallest absolute Gasteiger partial charge is 0.159 e. The van der Waals surface area contributed by atoms with Gasteiger partial charge in [0.2, 0.25) is 0 Å². The summed E-state index contributed by atoms with van der Waals surface area (Å²) in [5, 5.41) is 2.23. The van der Waals surface area contributed by atoms with Crippen LogP contribution >= 0.6 is 0 Å². The molecular weight excluding hydrogens is 655 g/mol. The second kappa shape index (κ2) is 11.4. The molecule has 2 aliphatic rings. The Balaban J connectivity index is 1.21. The number of hydrogen-bond acceptors (Lipinski definition) is 2. The molecule has 1 aromatic heterocycles. The van der Waals surface area contributed by atoms with Gasteiger partial charge in [-0.2, -0.15) is 0 Å². The zero-order valence-corrected chi connectivity index (χ0v) is 30.3. The summed E-state index contributed by atoms with van der Waals surface area (Å²) in [5.74, 6) is 0. The fourth-order valence-corrected chi connectivity index (χ4v) is 9.74. The third-order valence-electron chi connectivity index (χ3n) is 12.1. The Labute approximate surface area is 315 Å². The van der Waals surface area contributed by atoms with Gasteiger partial charge < -0.3 is 9.32 Å². The maximum Gasteiger partial charge on any atom is 0.159 e. The van der Waals surface area contributed by atoms with Crippen LogP contribution in [-0.2, 0) is 10.8 Å². The Morgan fingerprint density at radius 1 is 0.407 bits per heavy atom. The Bertz CT molecular complexity index is 2880. The SMILES string of the molecule is CC1(C)c2ccccc2-c2ccc(N(c3ccc4c(c3)C(c3ccccc3)(c3ccccc3)c3ccccc3-4)c3cccc4c3oc3ccccc34)cc21. The molecule has 0 fully saturated rings. The van der Waals surface area contributed by atoms with Gasteiger partial charge in [0.25, 0.3) is 0 Å². The summed E-state index contributed by atoms with van der Waals surface area (Å²) in [6, 6.07) is 69.0. The predicted octanol–water partition coefficient (Wildman–Crippen LogP) is 13.7. The molecule has 0 unspecified atom stereocenters.